The molecule has 1 aliphatic heterocycles. The number of hydrazine groups is 1. The molecule has 0 atom stereocenters. The summed E-state index contributed by atoms with van der Waals surface area (Å²) in [6, 6.07) is 16.9. The van der Waals surface area contributed by atoms with Crippen molar-refractivity contribution in [1.82, 2.24) is 10.4 Å². The number of hydrogen-bond acceptors (Lipinski definition) is 4. The average molecular weight is 433 g/mol. The third kappa shape index (κ3) is 4.56. The Morgan fingerprint density at radius 3 is 2.68 bits per heavy atom. The van der Waals surface area contributed by atoms with E-state index < -0.39 is 0 Å². The van der Waals surface area contributed by atoms with Gasteiger partial charge in [0.25, 0.3) is 5.91 Å². The van der Waals surface area contributed by atoms with Crippen molar-refractivity contribution < 1.29 is 9.59 Å². The zero-order valence-corrected chi connectivity index (χ0v) is 16.2. The number of thiocarbonyl (C=S) groups is 1. The maximum Gasteiger partial charge on any atom is 0.285 e. The summed E-state index contributed by atoms with van der Waals surface area (Å²) in [6.45, 7) is 0. The van der Waals surface area contributed by atoms with Gasteiger partial charge in [0.15, 0.2) is 4.32 Å². The monoisotopic (exact) mass is 432 g/mol. The summed E-state index contributed by atoms with van der Waals surface area (Å²) in [7, 11) is 0. The van der Waals surface area contributed by atoms with Gasteiger partial charge in [-0.05, 0) is 41.6 Å². The number of halogens is 1. The summed E-state index contributed by atoms with van der Waals surface area (Å²) in [4.78, 5) is 25.2. The van der Waals surface area contributed by atoms with Crippen molar-refractivity contribution in [3.63, 3.8) is 0 Å². The molecule has 0 bridgehead atoms. The SMILES string of the molecule is O=C(Cc1ccccc1)NN1C(=O)/C(=C/c2cccc(Br)c2)SC1=S. The largest absolute Gasteiger partial charge is 0.285 e. The third-order valence-electron chi connectivity index (χ3n) is 3.38. The second kappa shape index (κ2) is 7.95. The zero-order valence-electron chi connectivity index (χ0n) is 12.9. The van der Waals surface area contributed by atoms with Crippen LogP contribution in [0, 0.1) is 0 Å². The summed E-state index contributed by atoms with van der Waals surface area (Å²) in [5.74, 6) is -0.609. The molecule has 3 rings (SSSR count). The van der Waals surface area contributed by atoms with E-state index in [1.54, 1.807) is 6.08 Å². The number of rotatable bonds is 4. The normalized spacial score (nSPS) is 15.7. The third-order valence-corrected chi connectivity index (χ3v) is 5.18. The van der Waals surface area contributed by atoms with Gasteiger partial charge in [-0.2, -0.15) is 5.01 Å². The highest BCUT2D eigenvalue weighted by Crippen LogP contribution is 2.31. The molecule has 2 aromatic rings. The van der Waals surface area contributed by atoms with Gasteiger partial charge in [0, 0.05) is 4.47 Å². The van der Waals surface area contributed by atoms with E-state index >= 15 is 0 Å². The van der Waals surface area contributed by atoms with E-state index in [0.717, 1.165) is 20.6 Å². The van der Waals surface area contributed by atoms with Crippen LogP contribution in [0.3, 0.4) is 0 Å². The van der Waals surface area contributed by atoms with Gasteiger partial charge >= 0.3 is 0 Å². The minimum absolute atomic E-state index is 0.183. The Labute approximate surface area is 163 Å². The molecular formula is C18H13BrN2O2S2. The van der Waals surface area contributed by atoms with Crippen LogP contribution >= 0.6 is 39.9 Å². The second-order valence-corrected chi connectivity index (χ2v) is 7.86. The smallest absolute Gasteiger partial charge is 0.273 e. The lowest BCUT2D eigenvalue weighted by atomic mass is 10.1. The van der Waals surface area contributed by atoms with E-state index in [1.807, 2.05) is 54.6 Å². The first-order chi connectivity index (χ1) is 12.0. The molecule has 0 aliphatic carbocycles. The Morgan fingerprint density at radius 1 is 1.20 bits per heavy atom. The number of nitrogens with one attached hydrogen (secondary N) is 1. The highest BCUT2D eigenvalue weighted by Gasteiger charge is 2.33. The van der Waals surface area contributed by atoms with Crippen molar-refractivity contribution in [1.29, 1.82) is 0 Å². The van der Waals surface area contributed by atoms with Crippen molar-refractivity contribution in [2.45, 2.75) is 6.42 Å². The molecule has 2 amide bonds. The lowest BCUT2D eigenvalue weighted by molar-refractivity contribution is -0.132. The molecule has 0 aromatic heterocycles. The van der Waals surface area contributed by atoms with Crippen molar-refractivity contribution in [2.75, 3.05) is 0 Å². The van der Waals surface area contributed by atoms with Gasteiger partial charge in [0.05, 0.1) is 11.3 Å². The number of benzene rings is 2. The zero-order chi connectivity index (χ0) is 17.8. The van der Waals surface area contributed by atoms with Crippen LogP contribution in [0.4, 0.5) is 0 Å². The molecule has 1 aliphatic rings. The number of amides is 2. The van der Waals surface area contributed by atoms with E-state index in [-0.39, 0.29) is 18.2 Å². The molecule has 0 saturated carbocycles. The maximum atomic E-state index is 12.5. The van der Waals surface area contributed by atoms with E-state index in [0.29, 0.717) is 9.23 Å². The summed E-state index contributed by atoms with van der Waals surface area (Å²) in [5.41, 5.74) is 4.34. The molecular weight excluding hydrogens is 420 g/mol. The molecule has 1 N–H and O–H groups in total. The van der Waals surface area contributed by atoms with E-state index in [1.165, 1.54) is 11.8 Å². The van der Waals surface area contributed by atoms with Crippen LogP contribution in [0.5, 0.6) is 0 Å². The number of nitrogens with zero attached hydrogens (tertiary/aromatic N) is 1. The molecule has 126 valence electrons. The fourth-order valence-corrected chi connectivity index (χ4v) is 3.85. The van der Waals surface area contributed by atoms with Gasteiger partial charge in [-0.1, -0.05) is 70.2 Å². The van der Waals surface area contributed by atoms with Crippen molar-refractivity contribution >= 4 is 62.1 Å². The highest BCUT2D eigenvalue weighted by atomic mass is 79.9. The summed E-state index contributed by atoms with van der Waals surface area (Å²) in [5, 5.41) is 1.13. The molecule has 0 spiro atoms. The fraction of sp³-hybridized carbons (Fsp3) is 0.0556. The predicted molar refractivity (Wildman–Crippen MR) is 107 cm³/mol. The van der Waals surface area contributed by atoms with E-state index in [2.05, 4.69) is 21.4 Å². The molecule has 2 aromatic carbocycles. The molecule has 0 radical (unpaired) electrons. The minimum Gasteiger partial charge on any atom is -0.273 e. The number of carbonyl (C=O) groups excluding carboxylic acids is 2. The quantitative estimate of drug-likeness (QED) is 0.587. The molecule has 0 unspecified atom stereocenters. The Morgan fingerprint density at radius 2 is 1.96 bits per heavy atom. The van der Waals surface area contributed by atoms with Crippen molar-refractivity contribution in [2.24, 2.45) is 0 Å². The molecule has 7 heteroatoms. The van der Waals surface area contributed by atoms with Gasteiger partial charge in [0.2, 0.25) is 5.91 Å². The Bertz CT molecular complexity index is 868. The molecule has 1 fully saturated rings. The molecule has 4 nitrogen and oxygen atoms in total. The number of carbonyl (C=O) groups is 2. The van der Waals surface area contributed by atoms with Crippen LogP contribution < -0.4 is 5.43 Å². The van der Waals surface area contributed by atoms with Crippen molar-refractivity contribution in [3.8, 4) is 0 Å². The summed E-state index contributed by atoms with van der Waals surface area (Å²) in [6.07, 6.45) is 1.94. The lowest BCUT2D eigenvalue weighted by Crippen LogP contribution is -2.45. The summed E-state index contributed by atoms with van der Waals surface area (Å²) < 4.78 is 1.24. The first-order valence-corrected chi connectivity index (χ1v) is 9.41. The summed E-state index contributed by atoms with van der Waals surface area (Å²) >= 11 is 9.79. The van der Waals surface area contributed by atoms with E-state index in [4.69, 9.17) is 12.2 Å². The maximum absolute atomic E-state index is 12.5. The van der Waals surface area contributed by atoms with Gasteiger partial charge in [0.1, 0.15) is 0 Å². The fourth-order valence-electron chi connectivity index (χ4n) is 2.26. The first-order valence-electron chi connectivity index (χ1n) is 7.40. The Balaban J connectivity index is 1.70. The predicted octanol–water partition coefficient (Wildman–Crippen LogP) is 3.92. The average Bonchev–Trinajstić information content (AvgIpc) is 2.83. The van der Waals surface area contributed by atoms with Gasteiger partial charge < -0.3 is 0 Å². The van der Waals surface area contributed by atoms with Gasteiger partial charge in [-0.3, -0.25) is 15.0 Å². The number of thioether (sulfide) groups is 1. The molecule has 1 heterocycles. The second-order valence-electron chi connectivity index (χ2n) is 5.27. The Hall–Kier alpha value is -1.96. The van der Waals surface area contributed by atoms with E-state index in [9.17, 15) is 9.59 Å². The van der Waals surface area contributed by atoms with Crippen LogP contribution in [0.1, 0.15) is 11.1 Å². The first kappa shape index (κ1) is 17.8. The topological polar surface area (TPSA) is 49.4 Å². The van der Waals surface area contributed by atoms with Crippen LogP contribution in [0.15, 0.2) is 64.0 Å². The Kier molecular flexibility index (Phi) is 5.67. The van der Waals surface area contributed by atoms with Crippen molar-refractivity contribution in [3.05, 3.63) is 75.1 Å². The molecule has 1 saturated heterocycles. The number of hydrogen-bond donors (Lipinski definition) is 1. The van der Waals surface area contributed by atoms with Gasteiger partial charge in [-0.25, -0.2) is 0 Å². The van der Waals surface area contributed by atoms with Crippen LogP contribution in [-0.2, 0) is 16.0 Å². The van der Waals surface area contributed by atoms with Crippen LogP contribution in [0.2, 0.25) is 0 Å². The molecule has 25 heavy (non-hydrogen) atoms. The standard InChI is InChI=1S/C18H13BrN2O2S2/c19-14-8-4-7-13(9-14)10-15-17(23)21(18(24)25-15)20-16(22)11-12-5-2-1-3-6-12/h1-10H,11H2,(H,20,22)/b15-10-. The van der Waals surface area contributed by atoms with Crippen LogP contribution in [0.25, 0.3) is 6.08 Å². The van der Waals surface area contributed by atoms with Crippen LogP contribution in [-0.4, -0.2) is 21.1 Å². The lowest BCUT2D eigenvalue weighted by Gasteiger charge is -2.15. The highest BCUT2D eigenvalue weighted by molar-refractivity contribution is 9.10. The minimum atomic E-state index is -0.323. The van der Waals surface area contributed by atoms with Gasteiger partial charge in [-0.15, -0.1) is 0 Å².